The molecule has 0 spiro atoms. The molecule has 7 heteroatoms. The maximum atomic E-state index is 13.7. The molecule has 26 heavy (non-hydrogen) atoms. The van der Waals surface area contributed by atoms with Crippen LogP contribution in [0.15, 0.2) is 18.2 Å². The van der Waals surface area contributed by atoms with Gasteiger partial charge in [0.05, 0.1) is 18.8 Å². The van der Waals surface area contributed by atoms with E-state index in [1.807, 2.05) is 0 Å². The van der Waals surface area contributed by atoms with Crippen molar-refractivity contribution < 1.29 is 18.7 Å². The van der Waals surface area contributed by atoms with Crippen molar-refractivity contribution in [2.45, 2.75) is 26.7 Å². The lowest BCUT2D eigenvalue weighted by Crippen LogP contribution is -2.39. The van der Waals surface area contributed by atoms with E-state index in [0.717, 1.165) is 19.5 Å². The van der Waals surface area contributed by atoms with Crippen molar-refractivity contribution in [1.29, 1.82) is 0 Å². The van der Waals surface area contributed by atoms with Crippen LogP contribution in [0.25, 0.3) is 10.9 Å². The number of nitrogens with zero attached hydrogens (tertiary/aromatic N) is 1. The van der Waals surface area contributed by atoms with Crippen molar-refractivity contribution in [1.82, 2.24) is 9.88 Å². The largest absolute Gasteiger partial charge is 0.461 e. The zero-order valence-corrected chi connectivity index (χ0v) is 15.1. The summed E-state index contributed by atoms with van der Waals surface area (Å²) in [4.78, 5) is 29.8. The number of anilines is 1. The number of ether oxygens (including phenoxy) is 1. The number of nitrogens with one attached hydrogen (secondary N) is 2. The molecule has 1 saturated heterocycles. The SMILES string of the molecule is CCOC(=O)c1[nH]c2ccc(F)cc2c1NC(=O)CN1CCC[C@H](C)C1. The third kappa shape index (κ3) is 4.04. The van der Waals surface area contributed by atoms with Crippen molar-refractivity contribution >= 4 is 28.5 Å². The molecule has 1 fully saturated rings. The number of aromatic amines is 1. The summed E-state index contributed by atoms with van der Waals surface area (Å²) < 4.78 is 18.7. The monoisotopic (exact) mass is 361 g/mol. The zero-order chi connectivity index (χ0) is 18.7. The van der Waals surface area contributed by atoms with Crippen molar-refractivity contribution in [3.63, 3.8) is 0 Å². The predicted molar refractivity (Wildman–Crippen MR) is 97.7 cm³/mol. The van der Waals surface area contributed by atoms with Gasteiger partial charge >= 0.3 is 5.97 Å². The fourth-order valence-corrected chi connectivity index (χ4v) is 3.46. The third-order valence-corrected chi connectivity index (χ3v) is 4.61. The minimum absolute atomic E-state index is 0.132. The fraction of sp³-hybridized carbons (Fsp3) is 0.474. The van der Waals surface area contributed by atoms with Gasteiger partial charge in [-0.15, -0.1) is 0 Å². The van der Waals surface area contributed by atoms with Crippen molar-refractivity contribution in [3.05, 3.63) is 29.7 Å². The van der Waals surface area contributed by atoms with Crippen LogP contribution in [-0.2, 0) is 9.53 Å². The Morgan fingerprint density at radius 1 is 1.42 bits per heavy atom. The highest BCUT2D eigenvalue weighted by Crippen LogP contribution is 2.29. The van der Waals surface area contributed by atoms with Gasteiger partial charge in [-0.3, -0.25) is 9.69 Å². The molecule has 1 amide bonds. The number of H-pyrrole nitrogens is 1. The molecule has 1 aromatic carbocycles. The summed E-state index contributed by atoms with van der Waals surface area (Å²) in [5.41, 5.74) is 0.970. The minimum Gasteiger partial charge on any atom is -0.461 e. The zero-order valence-electron chi connectivity index (χ0n) is 15.1. The van der Waals surface area contributed by atoms with E-state index in [4.69, 9.17) is 4.74 Å². The number of aromatic nitrogens is 1. The van der Waals surface area contributed by atoms with Crippen LogP contribution in [0, 0.1) is 11.7 Å². The molecule has 0 radical (unpaired) electrons. The standard InChI is InChI=1S/C19H24FN3O3/c1-3-26-19(25)18-17(14-9-13(20)6-7-15(14)21-18)22-16(24)11-23-8-4-5-12(2)10-23/h6-7,9,12,21H,3-5,8,10-11H2,1-2H3,(H,22,24)/t12-/m0/s1. The second-order valence-corrected chi connectivity index (χ2v) is 6.82. The number of carbonyl (C=O) groups is 2. The summed E-state index contributed by atoms with van der Waals surface area (Å²) in [5, 5.41) is 3.24. The minimum atomic E-state index is -0.578. The number of rotatable bonds is 5. The quantitative estimate of drug-likeness (QED) is 0.803. The van der Waals surface area contributed by atoms with Crippen LogP contribution >= 0.6 is 0 Å². The van der Waals surface area contributed by atoms with Crippen LogP contribution in [0.5, 0.6) is 0 Å². The maximum absolute atomic E-state index is 13.7. The fourth-order valence-electron chi connectivity index (χ4n) is 3.46. The molecule has 1 aromatic heterocycles. The van der Waals surface area contributed by atoms with Gasteiger partial charge in [-0.05, 0) is 50.4 Å². The van der Waals surface area contributed by atoms with Crippen LogP contribution in [-0.4, -0.2) is 48.0 Å². The number of piperidine rings is 1. The number of halogens is 1. The van der Waals surface area contributed by atoms with Crippen molar-refractivity contribution in [2.24, 2.45) is 5.92 Å². The number of benzene rings is 1. The molecule has 1 atom stereocenters. The number of hydrogen-bond acceptors (Lipinski definition) is 4. The summed E-state index contributed by atoms with van der Waals surface area (Å²) in [5.74, 6) is -0.679. The van der Waals surface area contributed by atoms with E-state index in [1.165, 1.54) is 24.6 Å². The first-order valence-electron chi connectivity index (χ1n) is 8.98. The summed E-state index contributed by atoms with van der Waals surface area (Å²) in [6.45, 7) is 6.09. The molecule has 2 N–H and O–H groups in total. The second kappa shape index (κ2) is 7.86. The number of carbonyl (C=O) groups excluding carboxylic acids is 2. The highest BCUT2D eigenvalue weighted by atomic mass is 19.1. The Labute approximate surface area is 151 Å². The third-order valence-electron chi connectivity index (χ3n) is 4.61. The van der Waals surface area contributed by atoms with Gasteiger partial charge in [-0.25, -0.2) is 9.18 Å². The number of likely N-dealkylation sites (tertiary alicyclic amines) is 1. The van der Waals surface area contributed by atoms with Crippen molar-refractivity contribution in [2.75, 3.05) is 31.6 Å². The average Bonchev–Trinajstić information content (AvgIpc) is 2.93. The van der Waals surface area contributed by atoms with E-state index >= 15 is 0 Å². The lowest BCUT2D eigenvalue weighted by atomic mass is 10.0. The van der Waals surface area contributed by atoms with Crippen LogP contribution in [0.3, 0.4) is 0 Å². The normalized spacial score (nSPS) is 18.0. The summed E-state index contributed by atoms with van der Waals surface area (Å²) >= 11 is 0. The predicted octanol–water partition coefficient (Wildman–Crippen LogP) is 3.15. The molecule has 0 saturated carbocycles. The van der Waals surface area contributed by atoms with Crippen LogP contribution < -0.4 is 5.32 Å². The lowest BCUT2D eigenvalue weighted by molar-refractivity contribution is -0.117. The Balaban J connectivity index is 1.84. The molecule has 140 valence electrons. The van der Waals surface area contributed by atoms with Gasteiger partial charge in [-0.1, -0.05) is 6.92 Å². The molecule has 6 nitrogen and oxygen atoms in total. The number of fused-ring (bicyclic) bond motifs is 1. The Morgan fingerprint density at radius 3 is 2.96 bits per heavy atom. The molecule has 0 bridgehead atoms. The maximum Gasteiger partial charge on any atom is 0.356 e. The van der Waals surface area contributed by atoms with Gasteiger partial charge in [0, 0.05) is 17.4 Å². The van der Waals surface area contributed by atoms with Gasteiger partial charge in [0.1, 0.15) is 11.5 Å². The smallest absolute Gasteiger partial charge is 0.356 e. The highest BCUT2D eigenvalue weighted by molar-refractivity contribution is 6.11. The Morgan fingerprint density at radius 2 is 2.23 bits per heavy atom. The second-order valence-electron chi connectivity index (χ2n) is 6.82. The first-order chi connectivity index (χ1) is 12.5. The van der Waals surface area contributed by atoms with Gasteiger partial charge in [0.2, 0.25) is 5.91 Å². The summed E-state index contributed by atoms with van der Waals surface area (Å²) in [7, 11) is 0. The molecule has 0 unspecified atom stereocenters. The Bertz CT molecular complexity index is 818. The first kappa shape index (κ1) is 18.4. The molecule has 3 rings (SSSR count). The van der Waals surface area contributed by atoms with Gasteiger partial charge < -0.3 is 15.0 Å². The Hall–Kier alpha value is -2.41. The Kier molecular flexibility index (Phi) is 5.56. The molecule has 1 aliphatic rings. The highest BCUT2D eigenvalue weighted by Gasteiger charge is 2.23. The number of hydrogen-bond donors (Lipinski definition) is 2. The van der Waals surface area contributed by atoms with Crippen LogP contribution in [0.2, 0.25) is 0 Å². The molecule has 0 aliphatic carbocycles. The van der Waals surface area contributed by atoms with Gasteiger partial charge in [0.15, 0.2) is 0 Å². The topological polar surface area (TPSA) is 74.4 Å². The first-order valence-corrected chi connectivity index (χ1v) is 8.98. The van der Waals surface area contributed by atoms with Crippen LogP contribution in [0.1, 0.15) is 37.2 Å². The molecular weight excluding hydrogens is 337 g/mol. The average molecular weight is 361 g/mol. The van der Waals surface area contributed by atoms with Crippen molar-refractivity contribution in [3.8, 4) is 0 Å². The van der Waals surface area contributed by atoms with Gasteiger partial charge in [0.25, 0.3) is 0 Å². The van der Waals surface area contributed by atoms with E-state index in [-0.39, 0.29) is 30.4 Å². The molecule has 1 aliphatic heterocycles. The molecule has 2 aromatic rings. The lowest BCUT2D eigenvalue weighted by Gasteiger charge is -2.30. The van der Waals surface area contributed by atoms with E-state index in [0.29, 0.717) is 16.8 Å². The summed E-state index contributed by atoms with van der Waals surface area (Å²) in [6, 6.07) is 4.14. The van der Waals surface area contributed by atoms with E-state index < -0.39 is 11.8 Å². The van der Waals surface area contributed by atoms with E-state index in [1.54, 1.807) is 6.92 Å². The summed E-state index contributed by atoms with van der Waals surface area (Å²) in [6.07, 6.45) is 2.24. The number of esters is 1. The van der Waals surface area contributed by atoms with Crippen LogP contribution in [0.4, 0.5) is 10.1 Å². The molecule has 2 heterocycles. The van der Waals surface area contributed by atoms with Gasteiger partial charge in [-0.2, -0.15) is 0 Å². The molecular formula is C19H24FN3O3. The van der Waals surface area contributed by atoms with E-state index in [9.17, 15) is 14.0 Å². The number of amides is 1. The van der Waals surface area contributed by atoms with E-state index in [2.05, 4.69) is 22.1 Å².